The van der Waals surface area contributed by atoms with Gasteiger partial charge >= 0.3 is 0 Å². The Balaban J connectivity index is 2.24. The molecule has 0 unspecified atom stereocenters. The van der Waals surface area contributed by atoms with Crippen molar-refractivity contribution in [3.8, 4) is 0 Å². The van der Waals surface area contributed by atoms with Crippen LogP contribution in [0.2, 0.25) is 5.02 Å². The Morgan fingerprint density at radius 2 is 2.17 bits per heavy atom. The monoisotopic (exact) mass is 266 g/mol. The van der Waals surface area contributed by atoms with Crippen LogP contribution in [0.25, 0.3) is 0 Å². The smallest absolute Gasteiger partial charge is 0.255 e. The second-order valence-corrected chi connectivity index (χ2v) is 5.73. The third-order valence-electron chi connectivity index (χ3n) is 3.03. The van der Waals surface area contributed by atoms with E-state index in [0.29, 0.717) is 28.2 Å². The van der Waals surface area contributed by atoms with E-state index in [2.05, 4.69) is 13.8 Å². The van der Waals surface area contributed by atoms with Crippen LogP contribution >= 0.6 is 11.6 Å². The number of hydrogen-bond acceptors (Lipinski definition) is 2. The Morgan fingerprint density at radius 1 is 1.50 bits per heavy atom. The molecule has 98 valence electrons. The molecule has 0 aliphatic heterocycles. The van der Waals surface area contributed by atoms with E-state index in [9.17, 15) is 4.79 Å². The van der Waals surface area contributed by atoms with Gasteiger partial charge in [-0.25, -0.2) is 0 Å². The number of halogens is 1. The van der Waals surface area contributed by atoms with E-state index in [0.717, 1.165) is 19.4 Å². The first-order valence-electron chi connectivity index (χ1n) is 6.35. The minimum absolute atomic E-state index is 0.00324. The second kappa shape index (κ2) is 5.19. The lowest BCUT2D eigenvalue weighted by molar-refractivity contribution is 0.0723. The predicted octanol–water partition coefficient (Wildman–Crippen LogP) is 3.18. The molecule has 0 bridgehead atoms. The molecule has 2 rings (SSSR count). The summed E-state index contributed by atoms with van der Waals surface area (Å²) in [6, 6.07) is 5.45. The Bertz CT molecular complexity index is 455. The Labute approximate surface area is 113 Å². The number of nitrogen functional groups attached to an aromatic ring is 1. The molecule has 1 aromatic rings. The minimum atomic E-state index is 0.00324. The number of carbonyl (C=O) groups is 1. The van der Waals surface area contributed by atoms with Crippen LogP contribution in [0, 0.1) is 5.92 Å². The van der Waals surface area contributed by atoms with Crippen molar-refractivity contribution >= 4 is 23.2 Å². The highest BCUT2D eigenvalue weighted by Crippen LogP contribution is 2.31. The van der Waals surface area contributed by atoms with Gasteiger partial charge in [-0.1, -0.05) is 25.4 Å². The maximum Gasteiger partial charge on any atom is 0.255 e. The molecule has 1 aliphatic carbocycles. The first kappa shape index (κ1) is 13.2. The van der Waals surface area contributed by atoms with Crippen LogP contribution < -0.4 is 5.73 Å². The zero-order valence-electron chi connectivity index (χ0n) is 10.8. The molecule has 1 aromatic carbocycles. The fourth-order valence-electron chi connectivity index (χ4n) is 2.04. The highest BCUT2D eigenvalue weighted by atomic mass is 35.5. The predicted molar refractivity (Wildman–Crippen MR) is 74.8 cm³/mol. The number of carbonyl (C=O) groups excluding carboxylic acids is 1. The minimum Gasteiger partial charge on any atom is -0.399 e. The molecular weight excluding hydrogens is 248 g/mol. The largest absolute Gasteiger partial charge is 0.399 e. The summed E-state index contributed by atoms with van der Waals surface area (Å²) in [4.78, 5) is 14.5. The van der Waals surface area contributed by atoms with Crippen LogP contribution in [0.5, 0.6) is 0 Å². The molecule has 2 N–H and O–H groups in total. The molecule has 0 aromatic heterocycles. The highest BCUT2D eigenvalue weighted by Gasteiger charge is 2.33. The summed E-state index contributed by atoms with van der Waals surface area (Å²) in [7, 11) is 0. The van der Waals surface area contributed by atoms with Gasteiger partial charge in [0.1, 0.15) is 0 Å². The summed E-state index contributed by atoms with van der Waals surface area (Å²) in [5, 5.41) is 0.476. The van der Waals surface area contributed by atoms with E-state index in [1.807, 2.05) is 4.90 Å². The highest BCUT2D eigenvalue weighted by molar-refractivity contribution is 6.34. The van der Waals surface area contributed by atoms with Crippen LogP contribution in [0.15, 0.2) is 18.2 Å². The van der Waals surface area contributed by atoms with Gasteiger partial charge < -0.3 is 10.6 Å². The van der Waals surface area contributed by atoms with Crippen molar-refractivity contribution in [1.82, 2.24) is 4.90 Å². The third kappa shape index (κ3) is 2.96. The topological polar surface area (TPSA) is 46.3 Å². The molecule has 3 nitrogen and oxygen atoms in total. The van der Waals surface area contributed by atoms with E-state index < -0.39 is 0 Å². The Kier molecular flexibility index (Phi) is 3.81. The van der Waals surface area contributed by atoms with Crippen molar-refractivity contribution in [1.29, 1.82) is 0 Å². The number of rotatable bonds is 4. The Morgan fingerprint density at radius 3 is 2.72 bits per heavy atom. The average Bonchev–Trinajstić information content (AvgIpc) is 3.12. The molecule has 1 saturated carbocycles. The molecule has 1 fully saturated rings. The summed E-state index contributed by atoms with van der Waals surface area (Å²) < 4.78 is 0. The number of anilines is 1. The summed E-state index contributed by atoms with van der Waals surface area (Å²) in [6.07, 6.45) is 2.19. The Hall–Kier alpha value is -1.22. The SMILES string of the molecule is CC(C)CN(C(=O)c1cc(N)ccc1Cl)C1CC1. The number of benzene rings is 1. The molecule has 18 heavy (non-hydrogen) atoms. The normalized spacial score (nSPS) is 14.9. The van der Waals surface area contributed by atoms with Gasteiger partial charge in [0.05, 0.1) is 10.6 Å². The van der Waals surface area contributed by atoms with Gasteiger partial charge in [0.2, 0.25) is 0 Å². The second-order valence-electron chi connectivity index (χ2n) is 5.32. The lowest BCUT2D eigenvalue weighted by Gasteiger charge is -2.25. The van der Waals surface area contributed by atoms with E-state index in [1.54, 1.807) is 18.2 Å². The van der Waals surface area contributed by atoms with Crippen molar-refractivity contribution in [3.63, 3.8) is 0 Å². The van der Waals surface area contributed by atoms with Crippen LogP contribution in [0.4, 0.5) is 5.69 Å². The van der Waals surface area contributed by atoms with E-state index >= 15 is 0 Å². The zero-order valence-corrected chi connectivity index (χ0v) is 11.6. The van der Waals surface area contributed by atoms with Crippen molar-refractivity contribution in [2.45, 2.75) is 32.7 Å². The molecule has 1 amide bonds. The summed E-state index contributed by atoms with van der Waals surface area (Å²) in [5.41, 5.74) is 6.82. The van der Waals surface area contributed by atoms with Crippen molar-refractivity contribution in [2.24, 2.45) is 5.92 Å². The fourth-order valence-corrected chi connectivity index (χ4v) is 2.24. The van der Waals surface area contributed by atoms with Gasteiger partial charge in [-0.3, -0.25) is 4.79 Å². The van der Waals surface area contributed by atoms with Crippen LogP contribution in [0.3, 0.4) is 0 Å². The average molecular weight is 267 g/mol. The van der Waals surface area contributed by atoms with Gasteiger partial charge in [-0.05, 0) is 37.0 Å². The van der Waals surface area contributed by atoms with Crippen LogP contribution in [-0.4, -0.2) is 23.4 Å². The molecule has 0 radical (unpaired) electrons. The molecule has 0 atom stereocenters. The van der Waals surface area contributed by atoms with Crippen molar-refractivity contribution < 1.29 is 4.79 Å². The van der Waals surface area contributed by atoms with Gasteiger partial charge in [0.15, 0.2) is 0 Å². The molecule has 1 aliphatic rings. The quantitative estimate of drug-likeness (QED) is 0.851. The van der Waals surface area contributed by atoms with Crippen LogP contribution in [0.1, 0.15) is 37.0 Å². The lowest BCUT2D eigenvalue weighted by atomic mass is 10.1. The summed E-state index contributed by atoms with van der Waals surface area (Å²) in [5.74, 6) is 0.456. The molecular formula is C14H19ClN2O. The van der Waals surface area contributed by atoms with Gasteiger partial charge in [0, 0.05) is 18.3 Å². The molecule has 0 saturated heterocycles. The third-order valence-corrected chi connectivity index (χ3v) is 3.36. The van der Waals surface area contributed by atoms with Crippen molar-refractivity contribution in [3.05, 3.63) is 28.8 Å². The maximum atomic E-state index is 12.5. The fraction of sp³-hybridized carbons (Fsp3) is 0.500. The van der Waals surface area contributed by atoms with E-state index in [4.69, 9.17) is 17.3 Å². The number of nitrogens with zero attached hydrogens (tertiary/aromatic N) is 1. The van der Waals surface area contributed by atoms with Gasteiger partial charge in [-0.15, -0.1) is 0 Å². The molecule has 0 spiro atoms. The number of amides is 1. The summed E-state index contributed by atoms with van der Waals surface area (Å²) >= 11 is 6.09. The number of hydrogen-bond donors (Lipinski definition) is 1. The molecule has 4 heteroatoms. The van der Waals surface area contributed by atoms with E-state index in [-0.39, 0.29) is 5.91 Å². The van der Waals surface area contributed by atoms with Crippen LogP contribution in [-0.2, 0) is 0 Å². The first-order chi connectivity index (χ1) is 8.49. The zero-order chi connectivity index (χ0) is 13.3. The van der Waals surface area contributed by atoms with Gasteiger partial charge in [0.25, 0.3) is 5.91 Å². The first-order valence-corrected chi connectivity index (χ1v) is 6.73. The molecule has 0 heterocycles. The van der Waals surface area contributed by atoms with Gasteiger partial charge in [-0.2, -0.15) is 0 Å². The summed E-state index contributed by atoms with van der Waals surface area (Å²) in [6.45, 7) is 5.00. The standard InChI is InChI=1S/C14H19ClN2O/c1-9(2)8-17(11-4-5-11)14(18)12-7-10(16)3-6-13(12)15/h3,6-7,9,11H,4-5,8,16H2,1-2H3. The van der Waals surface area contributed by atoms with E-state index in [1.165, 1.54) is 0 Å². The number of nitrogens with two attached hydrogens (primary N) is 1. The van der Waals surface area contributed by atoms with Crippen molar-refractivity contribution in [2.75, 3.05) is 12.3 Å². The lowest BCUT2D eigenvalue weighted by Crippen LogP contribution is -2.36. The maximum absolute atomic E-state index is 12.5.